The van der Waals surface area contributed by atoms with Crippen molar-refractivity contribution in [3.63, 3.8) is 0 Å². The van der Waals surface area contributed by atoms with Gasteiger partial charge in [0.25, 0.3) is 0 Å². The van der Waals surface area contributed by atoms with Gasteiger partial charge in [-0.2, -0.15) is 0 Å². The molecule has 2 aromatic rings. The summed E-state index contributed by atoms with van der Waals surface area (Å²) in [6.07, 6.45) is 3.41. The third kappa shape index (κ3) is 2.56. The lowest BCUT2D eigenvalue weighted by atomic mass is 9.99. The first-order valence-corrected chi connectivity index (χ1v) is 5.90. The zero-order chi connectivity index (χ0) is 13.0. The summed E-state index contributed by atoms with van der Waals surface area (Å²) in [6.45, 7) is 4.09. The molecule has 1 heterocycles. The van der Waals surface area contributed by atoms with Crippen LogP contribution in [-0.4, -0.2) is 17.4 Å². The fraction of sp³-hybridized carbons (Fsp3) is 0.200. The lowest BCUT2D eigenvalue weighted by Crippen LogP contribution is -1.97. The van der Waals surface area contributed by atoms with Crippen LogP contribution in [0.4, 0.5) is 0 Å². The van der Waals surface area contributed by atoms with Crippen LogP contribution in [0.15, 0.2) is 42.7 Å². The van der Waals surface area contributed by atoms with Crippen LogP contribution in [0.3, 0.4) is 0 Å². The molecule has 0 bridgehead atoms. The first-order valence-electron chi connectivity index (χ1n) is 5.90. The van der Waals surface area contributed by atoms with Crippen LogP contribution in [0, 0.1) is 0 Å². The average molecular weight is 241 g/mol. The Bertz CT molecular complexity index is 564. The lowest BCUT2D eigenvalue weighted by molar-refractivity contribution is 0.101. The number of ketones is 1. The third-order valence-electron chi connectivity index (χ3n) is 2.64. The van der Waals surface area contributed by atoms with Gasteiger partial charge in [-0.05, 0) is 25.5 Å². The molecule has 0 aliphatic carbocycles. The quantitative estimate of drug-likeness (QED) is 0.770. The van der Waals surface area contributed by atoms with E-state index < -0.39 is 0 Å². The van der Waals surface area contributed by atoms with E-state index in [2.05, 4.69) is 4.98 Å². The highest BCUT2D eigenvalue weighted by Gasteiger charge is 2.09. The molecule has 0 unspecified atom stereocenters. The second-order valence-corrected chi connectivity index (χ2v) is 3.94. The molecular formula is C15H15NO2. The van der Waals surface area contributed by atoms with Gasteiger partial charge < -0.3 is 4.74 Å². The third-order valence-corrected chi connectivity index (χ3v) is 2.64. The second kappa shape index (κ2) is 5.45. The van der Waals surface area contributed by atoms with E-state index in [1.165, 1.54) is 0 Å². The summed E-state index contributed by atoms with van der Waals surface area (Å²) < 4.78 is 5.42. The van der Waals surface area contributed by atoms with Crippen molar-refractivity contribution in [3.8, 4) is 16.9 Å². The Balaban J connectivity index is 2.48. The van der Waals surface area contributed by atoms with Crippen molar-refractivity contribution in [2.24, 2.45) is 0 Å². The number of hydrogen-bond acceptors (Lipinski definition) is 3. The molecule has 0 atom stereocenters. The van der Waals surface area contributed by atoms with Crippen molar-refractivity contribution >= 4 is 5.78 Å². The Kier molecular flexibility index (Phi) is 3.72. The van der Waals surface area contributed by atoms with Gasteiger partial charge in [-0.25, -0.2) is 0 Å². The van der Waals surface area contributed by atoms with Crippen LogP contribution in [-0.2, 0) is 0 Å². The van der Waals surface area contributed by atoms with E-state index >= 15 is 0 Å². The number of benzene rings is 1. The summed E-state index contributed by atoms with van der Waals surface area (Å²) in [7, 11) is 0. The van der Waals surface area contributed by atoms with Crippen LogP contribution in [0.5, 0.6) is 5.75 Å². The molecule has 0 N–H and O–H groups in total. The molecule has 0 radical (unpaired) electrons. The largest absolute Gasteiger partial charge is 0.492 e. The van der Waals surface area contributed by atoms with Crippen molar-refractivity contribution in [2.45, 2.75) is 13.8 Å². The highest BCUT2D eigenvalue weighted by atomic mass is 16.5. The fourth-order valence-electron chi connectivity index (χ4n) is 1.85. The summed E-state index contributed by atoms with van der Waals surface area (Å²) in [5.74, 6) is 0.765. The molecule has 0 amide bonds. The molecule has 0 saturated carbocycles. The van der Waals surface area contributed by atoms with Gasteiger partial charge >= 0.3 is 0 Å². The minimum Gasteiger partial charge on any atom is -0.492 e. The van der Waals surface area contributed by atoms with Gasteiger partial charge in [-0.3, -0.25) is 9.78 Å². The molecule has 1 aromatic carbocycles. The Morgan fingerprint density at radius 1 is 1.28 bits per heavy atom. The van der Waals surface area contributed by atoms with Gasteiger partial charge in [0.15, 0.2) is 5.78 Å². The van der Waals surface area contributed by atoms with Gasteiger partial charge in [-0.1, -0.05) is 24.3 Å². The monoisotopic (exact) mass is 241 g/mol. The van der Waals surface area contributed by atoms with E-state index in [9.17, 15) is 4.79 Å². The maximum Gasteiger partial charge on any atom is 0.160 e. The van der Waals surface area contributed by atoms with Crippen LogP contribution in [0.25, 0.3) is 11.1 Å². The zero-order valence-corrected chi connectivity index (χ0v) is 10.5. The maximum absolute atomic E-state index is 11.6. The summed E-state index contributed by atoms with van der Waals surface area (Å²) in [4.78, 5) is 15.7. The number of pyridine rings is 1. The minimum absolute atomic E-state index is 0.0485. The number of Topliss-reactive ketones (excluding diaryl/α,β-unsaturated/α-hetero) is 1. The first-order chi connectivity index (χ1) is 8.72. The van der Waals surface area contributed by atoms with Crippen molar-refractivity contribution in [1.82, 2.24) is 4.98 Å². The fourth-order valence-corrected chi connectivity index (χ4v) is 1.85. The molecule has 0 aliphatic rings. The van der Waals surface area contributed by atoms with Crippen LogP contribution in [0.2, 0.25) is 0 Å². The first kappa shape index (κ1) is 12.3. The Hall–Kier alpha value is -2.16. The molecule has 18 heavy (non-hydrogen) atoms. The molecule has 3 nitrogen and oxygen atoms in total. The van der Waals surface area contributed by atoms with Gasteiger partial charge in [-0.15, -0.1) is 0 Å². The van der Waals surface area contributed by atoms with E-state index in [4.69, 9.17) is 4.74 Å². The Morgan fingerprint density at radius 3 is 2.78 bits per heavy atom. The molecule has 0 spiro atoms. The molecule has 2 rings (SSSR count). The molecule has 0 saturated heterocycles. The predicted molar refractivity (Wildman–Crippen MR) is 70.8 cm³/mol. The van der Waals surface area contributed by atoms with Gasteiger partial charge in [0.2, 0.25) is 0 Å². The van der Waals surface area contributed by atoms with Crippen molar-refractivity contribution in [1.29, 1.82) is 0 Å². The molecule has 0 aliphatic heterocycles. The SMILES string of the molecule is CCOc1cncc(-c2ccccc2C(C)=O)c1. The van der Waals surface area contributed by atoms with Crippen LogP contribution >= 0.6 is 0 Å². The summed E-state index contributed by atoms with van der Waals surface area (Å²) in [5, 5.41) is 0. The minimum atomic E-state index is 0.0485. The highest BCUT2D eigenvalue weighted by molar-refractivity contribution is 6.00. The van der Waals surface area contributed by atoms with E-state index in [1.54, 1.807) is 19.3 Å². The number of carbonyl (C=O) groups is 1. The standard InChI is InChI=1S/C15H15NO2/c1-3-18-13-8-12(9-16-10-13)15-7-5-4-6-14(15)11(2)17/h4-10H,3H2,1-2H3. The number of nitrogens with zero attached hydrogens (tertiary/aromatic N) is 1. The number of rotatable bonds is 4. The lowest BCUT2D eigenvalue weighted by Gasteiger charge is -2.08. The van der Waals surface area contributed by atoms with Gasteiger partial charge in [0, 0.05) is 17.3 Å². The smallest absolute Gasteiger partial charge is 0.160 e. The van der Waals surface area contributed by atoms with E-state index in [0.29, 0.717) is 17.9 Å². The number of hydrogen-bond donors (Lipinski definition) is 0. The van der Waals surface area contributed by atoms with Gasteiger partial charge in [0.1, 0.15) is 5.75 Å². The summed E-state index contributed by atoms with van der Waals surface area (Å²) in [5.41, 5.74) is 2.48. The van der Waals surface area contributed by atoms with E-state index in [-0.39, 0.29) is 5.78 Å². The molecule has 1 aromatic heterocycles. The number of ether oxygens (including phenoxy) is 1. The molecule has 0 fully saturated rings. The van der Waals surface area contributed by atoms with Crippen LogP contribution in [0.1, 0.15) is 24.2 Å². The predicted octanol–water partition coefficient (Wildman–Crippen LogP) is 3.35. The second-order valence-electron chi connectivity index (χ2n) is 3.94. The van der Waals surface area contributed by atoms with Crippen molar-refractivity contribution < 1.29 is 9.53 Å². The number of carbonyl (C=O) groups excluding carboxylic acids is 1. The van der Waals surface area contributed by atoms with Crippen LogP contribution < -0.4 is 4.74 Å². The molecule has 3 heteroatoms. The topological polar surface area (TPSA) is 39.2 Å². The summed E-state index contributed by atoms with van der Waals surface area (Å²) >= 11 is 0. The average Bonchev–Trinajstić information content (AvgIpc) is 2.39. The van der Waals surface area contributed by atoms with Crippen molar-refractivity contribution in [2.75, 3.05) is 6.61 Å². The highest BCUT2D eigenvalue weighted by Crippen LogP contribution is 2.26. The molecular weight excluding hydrogens is 226 g/mol. The van der Waals surface area contributed by atoms with E-state index in [1.807, 2.05) is 37.3 Å². The summed E-state index contributed by atoms with van der Waals surface area (Å²) in [6, 6.07) is 9.42. The van der Waals surface area contributed by atoms with E-state index in [0.717, 1.165) is 11.1 Å². The normalized spacial score (nSPS) is 10.1. The molecule has 92 valence electrons. The maximum atomic E-state index is 11.6. The zero-order valence-electron chi connectivity index (χ0n) is 10.5. The Labute approximate surface area is 106 Å². The van der Waals surface area contributed by atoms with Gasteiger partial charge in [0.05, 0.1) is 12.8 Å². The van der Waals surface area contributed by atoms with Crippen molar-refractivity contribution in [3.05, 3.63) is 48.3 Å². The Morgan fingerprint density at radius 2 is 2.06 bits per heavy atom. The number of aromatic nitrogens is 1.